The van der Waals surface area contributed by atoms with Gasteiger partial charge in [0.1, 0.15) is 0 Å². The third kappa shape index (κ3) is 2.38. The number of rotatable bonds is 1. The fourth-order valence-corrected chi connectivity index (χ4v) is 4.19. The monoisotopic (exact) mass is 253 g/mol. The standard InChI is InChI=1S/C13H19NO2S/c1-10-8-9-14-13(11(2)17(10,15)16)12-6-4-3-5-7-12/h3-7,10-11,13-14H,8-9H2,1-2H3. The number of benzene rings is 1. The average Bonchev–Trinajstić information content (AvgIpc) is 2.42. The molecule has 94 valence electrons. The van der Waals surface area contributed by atoms with Crippen LogP contribution in [0.4, 0.5) is 0 Å². The summed E-state index contributed by atoms with van der Waals surface area (Å²) in [5, 5.41) is 2.73. The highest BCUT2D eigenvalue weighted by Gasteiger charge is 2.36. The second kappa shape index (κ2) is 4.78. The van der Waals surface area contributed by atoms with E-state index in [4.69, 9.17) is 0 Å². The highest BCUT2D eigenvalue weighted by atomic mass is 32.2. The number of hydrogen-bond donors (Lipinski definition) is 1. The van der Waals surface area contributed by atoms with Gasteiger partial charge in [0.2, 0.25) is 0 Å². The molecule has 1 saturated heterocycles. The van der Waals surface area contributed by atoms with Gasteiger partial charge in [0, 0.05) is 6.04 Å². The SMILES string of the molecule is CC1CCNC(c2ccccc2)C(C)S1(=O)=O. The van der Waals surface area contributed by atoms with Crippen molar-refractivity contribution in [3.05, 3.63) is 35.9 Å². The van der Waals surface area contributed by atoms with Gasteiger partial charge in [-0.3, -0.25) is 0 Å². The summed E-state index contributed by atoms with van der Waals surface area (Å²) < 4.78 is 24.6. The normalized spacial score (nSPS) is 32.9. The summed E-state index contributed by atoms with van der Waals surface area (Å²) in [7, 11) is -3.04. The topological polar surface area (TPSA) is 46.2 Å². The van der Waals surface area contributed by atoms with Crippen molar-refractivity contribution in [1.29, 1.82) is 0 Å². The first kappa shape index (κ1) is 12.6. The Labute approximate surface area is 103 Å². The molecule has 4 heteroatoms. The van der Waals surface area contributed by atoms with Crippen LogP contribution in [0.25, 0.3) is 0 Å². The van der Waals surface area contributed by atoms with Gasteiger partial charge in [-0.2, -0.15) is 0 Å². The molecule has 3 nitrogen and oxygen atoms in total. The number of hydrogen-bond acceptors (Lipinski definition) is 3. The predicted octanol–water partition coefficient (Wildman–Crippen LogP) is 1.91. The maximum Gasteiger partial charge on any atom is 0.157 e. The van der Waals surface area contributed by atoms with Crippen LogP contribution >= 0.6 is 0 Å². The summed E-state index contributed by atoms with van der Waals surface area (Å²) >= 11 is 0. The highest BCUT2D eigenvalue weighted by molar-refractivity contribution is 7.92. The molecule has 0 amide bonds. The lowest BCUT2D eigenvalue weighted by Crippen LogP contribution is -2.34. The van der Waals surface area contributed by atoms with E-state index in [9.17, 15) is 8.42 Å². The van der Waals surface area contributed by atoms with Crippen molar-refractivity contribution in [3.8, 4) is 0 Å². The summed E-state index contributed by atoms with van der Waals surface area (Å²) in [6, 6.07) is 9.72. The van der Waals surface area contributed by atoms with Gasteiger partial charge in [0.15, 0.2) is 9.84 Å². The van der Waals surface area contributed by atoms with Crippen LogP contribution in [0.5, 0.6) is 0 Å². The molecule has 0 bridgehead atoms. The Morgan fingerprint density at radius 3 is 2.47 bits per heavy atom. The van der Waals surface area contributed by atoms with Crippen LogP contribution in [-0.4, -0.2) is 25.5 Å². The van der Waals surface area contributed by atoms with Crippen molar-refractivity contribution in [2.45, 2.75) is 36.8 Å². The highest BCUT2D eigenvalue weighted by Crippen LogP contribution is 2.28. The first-order chi connectivity index (χ1) is 8.03. The zero-order valence-electron chi connectivity index (χ0n) is 10.3. The minimum atomic E-state index is -3.04. The molecule has 1 aliphatic rings. The molecule has 1 fully saturated rings. The molecule has 1 aromatic carbocycles. The molecule has 1 N–H and O–H groups in total. The summed E-state index contributed by atoms with van der Waals surface area (Å²) in [6.45, 7) is 4.37. The van der Waals surface area contributed by atoms with Crippen LogP contribution in [0.2, 0.25) is 0 Å². The van der Waals surface area contributed by atoms with Gasteiger partial charge in [-0.25, -0.2) is 8.42 Å². The van der Waals surface area contributed by atoms with Crippen molar-refractivity contribution in [1.82, 2.24) is 5.32 Å². The molecule has 3 atom stereocenters. The number of nitrogens with one attached hydrogen (secondary N) is 1. The lowest BCUT2D eigenvalue weighted by molar-refractivity contribution is 0.520. The van der Waals surface area contributed by atoms with Gasteiger partial charge in [-0.15, -0.1) is 0 Å². The Kier molecular flexibility index (Phi) is 3.54. The van der Waals surface area contributed by atoms with Crippen LogP contribution in [-0.2, 0) is 9.84 Å². The molecular formula is C13H19NO2S. The molecule has 0 aromatic heterocycles. The molecule has 1 aromatic rings. The van der Waals surface area contributed by atoms with Gasteiger partial charge in [-0.05, 0) is 32.4 Å². The largest absolute Gasteiger partial charge is 0.309 e. The molecule has 17 heavy (non-hydrogen) atoms. The first-order valence-electron chi connectivity index (χ1n) is 6.04. The number of sulfone groups is 1. The Morgan fingerprint density at radius 1 is 1.18 bits per heavy atom. The predicted molar refractivity (Wildman–Crippen MR) is 69.6 cm³/mol. The quantitative estimate of drug-likeness (QED) is 0.831. The zero-order valence-corrected chi connectivity index (χ0v) is 11.1. The van der Waals surface area contributed by atoms with E-state index in [0.717, 1.165) is 12.1 Å². The van der Waals surface area contributed by atoms with Crippen molar-refractivity contribution in [2.75, 3.05) is 6.54 Å². The first-order valence-corrected chi connectivity index (χ1v) is 7.65. The Bertz CT molecular complexity index is 469. The second-order valence-electron chi connectivity index (χ2n) is 4.74. The smallest absolute Gasteiger partial charge is 0.157 e. The second-order valence-corrected chi connectivity index (χ2v) is 7.46. The minimum absolute atomic E-state index is 0.0915. The van der Waals surface area contributed by atoms with Crippen molar-refractivity contribution < 1.29 is 8.42 Å². The Morgan fingerprint density at radius 2 is 1.82 bits per heavy atom. The molecule has 0 aliphatic carbocycles. The van der Waals surface area contributed by atoms with Gasteiger partial charge >= 0.3 is 0 Å². The van der Waals surface area contributed by atoms with Crippen LogP contribution in [0, 0.1) is 0 Å². The third-order valence-electron chi connectivity index (χ3n) is 3.62. The van der Waals surface area contributed by atoms with Crippen molar-refractivity contribution in [2.24, 2.45) is 0 Å². The summed E-state index contributed by atoms with van der Waals surface area (Å²) in [6.07, 6.45) is 0.690. The van der Waals surface area contributed by atoms with Gasteiger partial charge in [-0.1, -0.05) is 30.3 Å². The van der Waals surface area contributed by atoms with Crippen LogP contribution in [0.1, 0.15) is 31.9 Å². The molecular weight excluding hydrogens is 234 g/mol. The maximum atomic E-state index is 12.3. The van der Waals surface area contributed by atoms with Crippen molar-refractivity contribution in [3.63, 3.8) is 0 Å². The van der Waals surface area contributed by atoms with Crippen LogP contribution in [0.15, 0.2) is 30.3 Å². The van der Waals surface area contributed by atoms with Gasteiger partial charge in [0.25, 0.3) is 0 Å². The molecule has 0 radical (unpaired) electrons. The van der Waals surface area contributed by atoms with Gasteiger partial charge in [0.05, 0.1) is 10.5 Å². The van der Waals surface area contributed by atoms with E-state index >= 15 is 0 Å². The summed E-state index contributed by atoms with van der Waals surface area (Å²) in [5.74, 6) is 0. The lowest BCUT2D eigenvalue weighted by atomic mass is 10.0. The van der Waals surface area contributed by atoms with E-state index in [-0.39, 0.29) is 16.5 Å². The Hall–Kier alpha value is -0.870. The molecule has 2 rings (SSSR count). The van der Waals surface area contributed by atoms with Crippen molar-refractivity contribution >= 4 is 9.84 Å². The fraction of sp³-hybridized carbons (Fsp3) is 0.538. The zero-order chi connectivity index (χ0) is 12.5. The molecule has 1 aliphatic heterocycles. The molecule has 3 unspecified atom stereocenters. The van der Waals surface area contributed by atoms with Gasteiger partial charge < -0.3 is 5.32 Å². The summed E-state index contributed by atoms with van der Waals surface area (Å²) in [5.41, 5.74) is 1.05. The molecule has 0 spiro atoms. The fourth-order valence-electron chi connectivity index (χ4n) is 2.38. The maximum absolute atomic E-state index is 12.3. The van der Waals surface area contributed by atoms with E-state index in [1.54, 1.807) is 6.92 Å². The van der Waals surface area contributed by atoms with E-state index in [0.29, 0.717) is 6.42 Å². The Balaban J connectivity index is 2.36. The molecule has 1 heterocycles. The third-order valence-corrected chi connectivity index (χ3v) is 6.29. The van der Waals surface area contributed by atoms with E-state index in [2.05, 4.69) is 5.32 Å². The van der Waals surface area contributed by atoms with E-state index in [1.165, 1.54) is 0 Å². The van der Waals surface area contributed by atoms with E-state index < -0.39 is 9.84 Å². The lowest BCUT2D eigenvalue weighted by Gasteiger charge is -2.23. The average molecular weight is 253 g/mol. The molecule has 0 saturated carbocycles. The summed E-state index contributed by atoms with van der Waals surface area (Å²) in [4.78, 5) is 0. The van der Waals surface area contributed by atoms with E-state index in [1.807, 2.05) is 37.3 Å². The van der Waals surface area contributed by atoms with Crippen LogP contribution in [0.3, 0.4) is 0 Å². The minimum Gasteiger partial charge on any atom is -0.309 e. The van der Waals surface area contributed by atoms with Crippen LogP contribution < -0.4 is 5.32 Å².